The quantitative estimate of drug-likeness (QED) is 0.352. The average molecular weight is 321 g/mol. The number of ether oxygens (including phenoxy) is 2. The van der Waals surface area contributed by atoms with Crippen molar-refractivity contribution in [3.05, 3.63) is 35.9 Å². The van der Waals surface area contributed by atoms with Crippen LogP contribution in [0.2, 0.25) is 0 Å². The van der Waals surface area contributed by atoms with Crippen LogP contribution in [0.3, 0.4) is 0 Å². The van der Waals surface area contributed by atoms with Gasteiger partial charge in [0.1, 0.15) is 0 Å². The molecular weight excluding hydrogens is 290 g/mol. The topological polar surface area (TPSA) is 54.9 Å². The van der Waals surface area contributed by atoms with Crippen molar-refractivity contribution in [3.8, 4) is 0 Å². The summed E-state index contributed by atoms with van der Waals surface area (Å²) in [6, 6.07) is 10.4. The van der Waals surface area contributed by atoms with Crippen molar-refractivity contribution in [3.63, 3.8) is 0 Å². The van der Waals surface area contributed by atoms with E-state index in [0.29, 0.717) is 6.61 Å². The molecule has 0 unspecified atom stereocenters. The number of hydrogen-bond acceptors (Lipinski definition) is 3. The van der Waals surface area contributed by atoms with Crippen molar-refractivity contribution in [2.24, 2.45) is 4.99 Å². The summed E-state index contributed by atoms with van der Waals surface area (Å²) < 4.78 is 11.0. The molecule has 130 valence electrons. The summed E-state index contributed by atoms with van der Waals surface area (Å²) in [6.45, 7) is 9.40. The molecule has 0 fully saturated rings. The van der Waals surface area contributed by atoms with E-state index in [1.165, 1.54) is 5.56 Å². The summed E-state index contributed by atoms with van der Waals surface area (Å²) in [6.07, 6.45) is 1.89. The molecule has 1 rings (SSSR count). The lowest BCUT2D eigenvalue weighted by Gasteiger charge is -2.11. The van der Waals surface area contributed by atoms with Gasteiger partial charge in [-0.15, -0.1) is 0 Å². The third-order valence-electron chi connectivity index (χ3n) is 3.18. The summed E-state index contributed by atoms with van der Waals surface area (Å²) >= 11 is 0. The molecule has 0 heterocycles. The lowest BCUT2D eigenvalue weighted by Crippen LogP contribution is -2.39. The van der Waals surface area contributed by atoms with Gasteiger partial charge in [-0.2, -0.15) is 0 Å². The molecule has 0 aromatic heterocycles. The Labute approximate surface area is 140 Å². The monoisotopic (exact) mass is 321 g/mol. The Morgan fingerprint density at radius 2 is 1.83 bits per heavy atom. The van der Waals surface area contributed by atoms with Gasteiger partial charge in [-0.05, 0) is 32.3 Å². The summed E-state index contributed by atoms with van der Waals surface area (Å²) in [4.78, 5) is 4.53. The largest absolute Gasteiger partial charge is 0.381 e. The number of hydrogen-bond donors (Lipinski definition) is 2. The highest BCUT2D eigenvalue weighted by Gasteiger charge is 1.96. The minimum absolute atomic E-state index is 0.698. The second-order valence-corrected chi connectivity index (χ2v) is 5.09. The fourth-order valence-corrected chi connectivity index (χ4v) is 2.02. The normalized spacial score (nSPS) is 11.5. The van der Waals surface area contributed by atoms with Crippen LogP contribution in [0.5, 0.6) is 0 Å². The zero-order chi connectivity index (χ0) is 16.6. The predicted octanol–water partition coefficient (Wildman–Crippen LogP) is 2.23. The molecule has 0 amide bonds. The molecule has 1 aromatic carbocycles. The molecule has 0 saturated carbocycles. The minimum Gasteiger partial charge on any atom is -0.381 e. The van der Waals surface area contributed by atoms with Gasteiger partial charge in [0.25, 0.3) is 0 Å². The van der Waals surface area contributed by atoms with Crippen molar-refractivity contribution in [1.82, 2.24) is 10.6 Å². The molecule has 0 atom stereocenters. The first-order valence-corrected chi connectivity index (χ1v) is 8.58. The fourth-order valence-electron chi connectivity index (χ4n) is 2.02. The maximum atomic E-state index is 5.66. The Hall–Kier alpha value is -1.59. The highest BCUT2D eigenvalue weighted by Crippen LogP contribution is 1.99. The molecule has 2 N–H and O–H groups in total. The van der Waals surface area contributed by atoms with Gasteiger partial charge < -0.3 is 20.1 Å². The average Bonchev–Trinajstić information content (AvgIpc) is 2.58. The van der Waals surface area contributed by atoms with Crippen LogP contribution in [-0.4, -0.2) is 52.0 Å². The third-order valence-corrected chi connectivity index (χ3v) is 3.18. The van der Waals surface area contributed by atoms with E-state index in [1.807, 2.05) is 13.0 Å². The first kappa shape index (κ1) is 19.5. The summed E-state index contributed by atoms with van der Waals surface area (Å²) in [5.74, 6) is 0.844. The van der Waals surface area contributed by atoms with E-state index in [-0.39, 0.29) is 0 Å². The van der Waals surface area contributed by atoms with E-state index < -0.39 is 0 Å². The molecule has 5 nitrogen and oxygen atoms in total. The minimum atomic E-state index is 0.698. The Kier molecular flexibility index (Phi) is 11.9. The Bertz CT molecular complexity index is 410. The van der Waals surface area contributed by atoms with E-state index in [9.17, 15) is 0 Å². The number of benzene rings is 1. The van der Waals surface area contributed by atoms with Crippen molar-refractivity contribution < 1.29 is 9.47 Å². The summed E-state index contributed by atoms with van der Waals surface area (Å²) in [5, 5.41) is 6.48. The fraction of sp³-hybridized carbons (Fsp3) is 0.611. The van der Waals surface area contributed by atoms with Gasteiger partial charge in [-0.3, -0.25) is 4.99 Å². The van der Waals surface area contributed by atoms with E-state index in [4.69, 9.17) is 9.47 Å². The highest BCUT2D eigenvalue weighted by atomic mass is 16.5. The lowest BCUT2D eigenvalue weighted by molar-refractivity contribution is 0.136. The van der Waals surface area contributed by atoms with Gasteiger partial charge >= 0.3 is 0 Å². The van der Waals surface area contributed by atoms with E-state index >= 15 is 0 Å². The predicted molar refractivity (Wildman–Crippen MR) is 96.1 cm³/mol. The lowest BCUT2D eigenvalue weighted by atomic mass is 10.2. The van der Waals surface area contributed by atoms with Crippen LogP contribution in [-0.2, 0) is 15.9 Å². The van der Waals surface area contributed by atoms with Crippen LogP contribution < -0.4 is 10.6 Å². The molecule has 0 aliphatic heterocycles. The summed E-state index contributed by atoms with van der Waals surface area (Å²) in [7, 11) is 0. The highest BCUT2D eigenvalue weighted by molar-refractivity contribution is 5.79. The molecule has 1 aromatic rings. The molecule has 0 spiro atoms. The number of guanidine groups is 1. The van der Waals surface area contributed by atoms with Gasteiger partial charge in [0, 0.05) is 32.8 Å². The van der Waals surface area contributed by atoms with Gasteiger partial charge in [-0.25, -0.2) is 0 Å². The van der Waals surface area contributed by atoms with Gasteiger partial charge in [-0.1, -0.05) is 30.3 Å². The second-order valence-electron chi connectivity index (χ2n) is 5.09. The first-order chi connectivity index (χ1) is 11.4. The molecule has 5 heteroatoms. The molecule has 0 bridgehead atoms. The van der Waals surface area contributed by atoms with Crippen LogP contribution in [0.4, 0.5) is 0 Å². The van der Waals surface area contributed by atoms with Gasteiger partial charge in [0.15, 0.2) is 5.96 Å². The van der Waals surface area contributed by atoms with E-state index in [2.05, 4.69) is 46.8 Å². The zero-order valence-electron chi connectivity index (χ0n) is 14.5. The van der Waals surface area contributed by atoms with E-state index in [0.717, 1.165) is 58.3 Å². The van der Waals surface area contributed by atoms with Gasteiger partial charge in [0.05, 0.1) is 13.2 Å². The van der Waals surface area contributed by atoms with Crippen molar-refractivity contribution in [2.45, 2.75) is 26.7 Å². The molecule has 0 aliphatic rings. The number of nitrogens with one attached hydrogen (secondary N) is 2. The number of rotatable bonds is 12. The van der Waals surface area contributed by atoms with Crippen LogP contribution in [0.25, 0.3) is 0 Å². The zero-order valence-corrected chi connectivity index (χ0v) is 14.5. The number of nitrogens with zero attached hydrogens (tertiary/aromatic N) is 1. The molecule has 23 heavy (non-hydrogen) atoms. The van der Waals surface area contributed by atoms with Crippen LogP contribution in [0.1, 0.15) is 25.8 Å². The SMILES string of the molecule is CCNC(=NCCCOCCc1ccccc1)NCCOCC. The Balaban J connectivity index is 2.07. The molecule has 0 aliphatic carbocycles. The second kappa shape index (κ2) is 14.0. The van der Waals surface area contributed by atoms with E-state index in [1.54, 1.807) is 0 Å². The molecular formula is C18H31N3O2. The Morgan fingerprint density at radius 1 is 1.00 bits per heavy atom. The number of aliphatic imine (C=N–C) groups is 1. The maximum absolute atomic E-state index is 5.66. The van der Waals surface area contributed by atoms with Gasteiger partial charge in [0.2, 0.25) is 0 Å². The van der Waals surface area contributed by atoms with Crippen molar-refractivity contribution >= 4 is 5.96 Å². The first-order valence-electron chi connectivity index (χ1n) is 8.58. The molecule has 0 saturated heterocycles. The maximum Gasteiger partial charge on any atom is 0.191 e. The van der Waals surface area contributed by atoms with Crippen LogP contribution in [0.15, 0.2) is 35.3 Å². The van der Waals surface area contributed by atoms with Crippen molar-refractivity contribution in [1.29, 1.82) is 0 Å². The van der Waals surface area contributed by atoms with Crippen molar-refractivity contribution in [2.75, 3.05) is 46.1 Å². The molecule has 0 radical (unpaired) electrons. The summed E-state index contributed by atoms with van der Waals surface area (Å²) in [5.41, 5.74) is 1.32. The third kappa shape index (κ3) is 10.7. The van der Waals surface area contributed by atoms with Crippen LogP contribution in [0, 0.1) is 0 Å². The standard InChI is InChI=1S/C18H31N3O2/c1-3-19-18(21-13-16-22-4-2)20-12-8-14-23-15-11-17-9-6-5-7-10-17/h5-7,9-10H,3-4,8,11-16H2,1-2H3,(H2,19,20,21). The van der Waals surface area contributed by atoms with Crippen LogP contribution >= 0.6 is 0 Å². The Morgan fingerprint density at radius 3 is 2.57 bits per heavy atom. The smallest absolute Gasteiger partial charge is 0.191 e.